The molecule has 28 heavy (non-hydrogen) atoms. The Hall–Kier alpha value is -2.65. The molecule has 146 valence electrons. The fourth-order valence-corrected chi connectivity index (χ4v) is 4.78. The van der Waals surface area contributed by atoms with Gasteiger partial charge in [-0.15, -0.1) is 5.10 Å². The number of benzene rings is 2. The zero-order valence-corrected chi connectivity index (χ0v) is 15.6. The third-order valence-corrected chi connectivity index (χ3v) is 6.57. The summed E-state index contributed by atoms with van der Waals surface area (Å²) in [4.78, 5) is -0.385. The first kappa shape index (κ1) is 18.7. The fraction of sp³-hybridized carbons (Fsp3) is 0.263. The van der Waals surface area contributed by atoms with E-state index in [-0.39, 0.29) is 24.1 Å². The molecule has 0 spiro atoms. The van der Waals surface area contributed by atoms with Gasteiger partial charge in [0.25, 0.3) is 0 Å². The molecule has 1 aromatic heterocycles. The van der Waals surface area contributed by atoms with Crippen molar-refractivity contribution in [2.45, 2.75) is 23.8 Å². The highest BCUT2D eigenvalue weighted by Crippen LogP contribution is 2.27. The molecule has 6 nitrogen and oxygen atoms in total. The molecule has 1 fully saturated rings. The Balaban J connectivity index is 1.47. The summed E-state index contributed by atoms with van der Waals surface area (Å²) >= 11 is 0. The van der Waals surface area contributed by atoms with Crippen molar-refractivity contribution in [1.29, 1.82) is 0 Å². The normalized spacial score (nSPS) is 16.4. The van der Waals surface area contributed by atoms with Gasteiger partial charge >= 0.3 is 0 Å². The zero-order chi connectivity index (χ0) is 19.7. The van der Waals surface area contributed by atoms with E-state index in [4.69, 9.17) is 4.74 Å². The van der Waals surface area contributed by atoms with E-state index in [9.17, 15) is 17.2 Å². The average molecular weight is 405 g/mol. The SMILES string of the molecule is O=S(=O)(c1cc(F)cc(F)c1)N1CCC(Oc2nncc3ccccc23)CC1. The predicted molar refractivity (Wildman–Crippen MR) is 98.3 cm³/mol. The number of fused-ring (bicyclic) bond motifs is 1. The highest BCUT2D eigenvalue weighted by atomic mass is 32.2. The van der Waals surface area contributed by atoms with E-state index in [0.717, 1.165) is 22.9 Å². The number of hydrogen-bond acceptors (Lipinski definition) is 5. The molecule has 4 rings (SSSR count). The number of hydrogen-bond donors (Lipinski definition) is 0. The number of halogens is 2. The van der Waals surface area contributed by atoms with Gasteiger partial charge in [0.1, 0.15) is 17.7 Å². The van der Waals surface area contributed by atoms with Gasteiger partial charge in [-0.25, -0.2) is 17.2 Å². The molecule has 2 heterocycles. The molecule has 0 atom stereocenters. The van der Waals surface area contributed by atoms with E-state index in [2.05, 4.69) is 10.2 Å². The minimum Gasteiger partial charge on any atom is -0.473 e. The van der Waals surface area contributed by atoms with E-state index < -0.39 is 21.7 Å². The fourth-order valence-electron chi connectivity index (χ4n) is 3.26. The van der Waals surface area contributed by atoms with Gasteiger partial charge < -0.3 is 4.74 Å². The van der Waals surface area contributed by atoms with Crippen LogP contribution in [0.5, 0.6) is 5.88 Å². The molecule has 0 aliphatic carbocycles. The maximum absolute atomic E-state index is 13.4. The van der Waals surface area contributed by atoms with Crippen LogP contribution in [0.25, 0.3) is 10.8 Å². The number of ether oxygens (including phenoxy) is 1. The number of rotatable bonds is 4. The third kappa shape index (κ3) is 3.67. The Labute approximate surface area is 160 Å². The summed E-state index contributed by atoms with van der Waals surface area (Å²) in [6, 6.07) is 9.86. The molecule has 0 radical (unpaired) electrons. The molecule has 1 aliphatic rings. The van der Waals surface area contributed by atoms with E-state index in [1.807, 2.05) is 24.3 Å². The first-order chi connectivity index (χ1) is 13.4. The second kappa shape index (κ2) is 7.40. The van der Waals surface area contributed by atoms with E-state index >= 15 is 0 Å². The summed E-state index contributed by atoms with van der Waals surface area (Å²) in [7, 11) is -3.97. The Bertz CT molecular complexity index is 1090. The lowest BCUT2D eigenvalue weighted by molar-refractivity contribution is 0.130. The molecule has 0 N–H and O–H groups in total. The largest absolute Gasteiger partial charge is 0.473 e. The summed E-state index contributed by atoms with van der Waals surface area (Å²) < 4.78 is 59.3. The topological polar surface area (TPSA) is 72.4 Å². The van der Waals surface area contributed by atoms with E-state index in [1.54, 1.807) is 6.20 Å². The molecular weight excluding hydrogens is 388 g/mol. The van der Waals surface area contributed by atoms with Crippen LogP contribution in [0.4, 0.5) is 8.78 Å². The molecule has 2 aromatic carbocycles. The van der Waals surface area contributed by atoms with Gasteiger partial charge in [-0.3, -0.25) is 0 Å². The van der Waals surface area contributed by atoms with Gasteiger partial charge in [0.05, 0.1) is 11.1 Å². The van der Waals surface area contributed by atoms with Crippen molar-refractivity contribution >= 4 is 20.8 Å². The highest BCUT2D eigenvalue weighted by molar-refractivity contribution is 7.89. The maximum atomic E-state index is 13.4. The Morgan fingerprint density at radius 1 is 1.04 bits per heavy atom. The van der Waals surface area contributed by atoms with Gasteiger partial charge in [0.2, 0.25) is 15.9 Å². The first-order valence-corrected chi connectivity index (χ1v) is 10.2. The summed E-state index contributed by atoms with van der Waals surface area (Å²) in [6.45, 7) is 0.368. The van der Waals surface area contributed by atoms with Gasteiger partial charge in [-0.1, -0.05) is 18.2 Å². The number of piperidine rings is 1. The summed E-state index contributed by atoms with van der Waals surface area (Å²) in [5, 5.41) is 9.72. The molecule has 3 aromatic rings. The highest BCUT2D eigenvalue weighted by Gasteiger charge is 2.31. The van der Waals surface area contributed by atoms with Gasteiger partial charge in [-0.05, 0) is 31.0 Å². The Kier molecular flexibility index (Phi) is 4.94. The van der Waals surface area contributed by atoms with Crippen molar-refractivity contribution in [2.75, 3.05) is 13.1 Å². The predicted octanol–water partition coefficient (Wildman–Crippen LogP) is 3.14. The first-order valence-electron chi connectivity index (χ1n) is 8.77. The smallest absolute Gasteiger partial charge is 0.243 e. The van der Waals surface area contributed by atoms with E-state index in [1.165, 1.54) is 4.31 Å². The second-order valence-electron chi connectivity index (χ2n) is 6.56. The quantitative estimate of drug-likeness (QED) is 0.667. The van der Waals surface area contributed by atoms with Crippen LogP contribution < -0.4 is 4.74 Å². The van der Waals surface area contributed by atoms with Crippen molar-refractivity contribution in [1.82, 2.24) is 14.5 Å². The standard InChI is InChI=1S/C19H17F2N3O3S/c20-14-9-15(21)11-17(10-14)28(25,26)24-7-5-16(6-8-24)27-19-18-4-2-1-3-13(18)12-22-23-19/h1-4,9-12,16H,5-8H2. The second-order valence-corrected chi connectivity index (χ2v) is 8.50. The van der Waals surface area contributed by atoms with Crippen molar-refractivity contribution < 1.29 is 21.9 Å². The summed E-state index contributed by atoms with van der Waals surface area (Å²) in [6.07, 6.45) is 2.29. The molecule has 0 unspecified atom stereocenters. The van der Waals surface area contributed by atoms with Crippen LogP contribution in [0.3, 0.4) is 0 Å². The molecule has 0 amide bonds. The number of sulfonamides is 1. The molecule has 1 aliphatic heterocycles. The molecule has 1 saturated heterocycles. The van der Waals surface area contributed by atoms with Crippen molar-refractivity contribution in [3.63, 3.8) is 0 Å². The van der Waals surface area contributed by atoms with Gasteiger partial charge in [0, 0.05) is 29.9 Å². The lowest BCUT2D eigenvalue weighted by Crippen LogP contribution is -2.41. The van der Waals surface area contributed by atoms with Gasteiger partial charge in [0.15, 0.2) is 0 Å². The molecule has 0 bridgehead atoms. The lowest BCUT2D eigenvalue weighted by Gasteiger charge is -2.31. The van der Waals surface area contributed by atoms with Crippen LogP contribution in [0, 0.1) is 11.6 Å². The maximum Gasteiger partial charge on any atom is 0.243 e. The van der Waals surface area contributed by atoms with Gasteiger partial charge in [-0.2, -0.15) is 9.40 Å². The minimum atomic E-state index is -3.97. The zero-order valence-electron chi connectivity index (χ0n) is 14.8. The van der Waals surface area contributed by atoms with Crippen LogP contribution in [-0.2, 0) is 10.0 Å². The van der Waals surface area contributed by atoms with E-state index in [0.29, 0.717) is 24.8 Å². The van der Waals surface area contributed by atoms with Crippen molar-refractivity contribution in [2.24, 2.45) is 0 Å². The van der Waals surface area contributed by atoms with Crippen molar-refractivity contribution in [3.8, 4) is 5.88 Å². The minimum absolute atomic E-state index is 0.184. The average Bonchev–Trinajstić information content (AvgIpc) is 2.68. The Morgan fingerprint density at radius 3 is 2.43 bits per heavy atom. The summed E-state index contributed by atoms with van der Waals surface area (Å²) in [5.41, 5.74) is 0. The summed E-state index contributed by atoms with van der Waals surface area (Å²) in [5.74, 6) is -1.44. The monoisotopic (exact) mass is 405 g/mol. The number of aromatic nitrogens is 2. The lowest BCUT2D eigenvalue weighted by atomic mass is 10.1. The number of nitrogens with zero attached hydrogens (tertiary/aromatic N) is 3. The molecule has 0 saturated carbocycles. The molecule has 9 heteroatoms. The third-order valence-electron chi connectivity index (χ3n) is 4.69. The van der Waals surface area contributed by atoms with Crippen LogP contribution in [0.1, 0.15) is 12.8 Å². The van der Waals surface area contributed by atoms with Crippen LogP contribution >= 0.6 is 0 Å². The van der Waals surface area contributed by atoms with Crippen LogP contribution in [0.2, 0.25) is 0 Å². The Morgan fingerprint density at radius 2 is 1.71 bits per heavy atom. The van der Waals surface area contributed by atoms with Crippen LogP contribution in [-0.4, -0.2) is 42.1 Å². The van der Waals surface area contributed by atoms with Crippen LogP contribution in [0.15, 0.2) is 53.6 Å². The molecular formula is C19H17F2N3O3S. The van der Waals surface area contributed by atoms with Crippen molar-refractivity contribution in [3.05, 3.63) is 60.3 Å².